The first-order valence-corrected chi connectivity index (χ1v) is 31.2. The van der Waals surface area contributed by atoms with Crippen LogP contribution in [0.2, 0.25) is 20.1 Å². The smallest absolute Gasteiger partial charge is 0.307 e. The molecule has 89 heavy (non-hydrogen) atoms. The summed E-state index contributed by atoms with van der Waals surface area (Å²) < 4.78 is 104. The molecule has 5 aliphatic carbocycles. The Kier molecular flexibility index (Phi) is 17.1. The SMILES string of the molecule is N[C@@H]1CC[C@@H](c2nnco2)OC1.O=C(CC1CCC(c2nnco2)CC1)[C@@H]1CC2(CC(CF)(CF)C2)[C@@]2(C(=O)Nc3cc(Cl)ccc32)[C@H]1c1cccc(Cl)c1F.O=C(O)[C@@H]1CC2(CC(CF)(CF)C2)[C@@]2(C(=O)Nc3cc(Cl)ccc32)[C@H]1c1cccc(Cl)c1F. The average molecular weight is 1310 g/mol. The quantitative estimate of drug-likeness (QED) is 0.0838. The van der Waals surface area contributed by atoms with Gasteiger partial charge in [-0.3, -0.25) is 36.7 Å². The minimum absolute atomic E-state index is 0.00252. The van der Waals surface area contributed by atoms with E-state index in [-0.39, 0.29) is 95.9 Å². The molecule has 0 radical (unpaired) electrons. The van der Waals surface area contributed by atoms with Crippen molar-refractivity contribution < 1.29 is 64.2 Å². The van der Waals surface area contributed by atoms with Crippen LogP contribution >= 0.6 is 46.4 Å². The molecule has 0 unspecified atom stereocenters. The van der Waals surface area contributed by atoms with Gasteiger partial charge in [-0.15, -0.1) is 20.4 Å². The van der Waals surface area contributed by atoms with E-state index in [0.29, 0.717) is 50.9 Å². The Morgan fingerprint density at radius 2 is 1.10 bits per heavy atom. The highest BCUT2D eigenvalue weighted by atomic mass is 35.5. The fourth-order valence-electron chi connectivity index (χ4n) is 17.7. The van der Waals surface area contributed by atoms with Crippen LogP contribution in [0, 0.1) is 51.0 Å². The first-order valence-electron chi connectivity index (χ1n) is 29.7. The summed E-state index contributed by atoms with van der Waals surface area (Å²) in [5, 5.41) is 31.6. The number of ketones is 1. The highest BCUT2D eigenvalue weighted by Crippen LogP contribution is 2.79. The summed E-state index contributed by atoms with van der Waals surface area (Å²) in [5.74, 6) is -6.27. The van der Waals surface area contributed by atoms with Gasteiger partial charge in [0.25, 0.3) is 0 Å². The first-order chi connectivity index (χ1) is 42.7. The van der Waals surface area contributed by atoms with E-state index in [4.69, 9.17) is 65.7 Å². The number of hydrogen-bond donors (Lipinski definition) is 4. The standard InChI is InChI=1S/C33H32Cl2F3N3O3.C24H20Cl2F3NO3.C7H11N3O2/c34-20-8-9-23-25(11-20)40-30(43)33(23)27(21-2-1-3-24(35)28(21)38)22(12-32(33)13-31(14-32,15-36)16-37)26(42)10-18-4-6-19(7-5-18)29-41-39-17-44-29;25-12-4-5-15-17(6-12)30-21(33)24(15)18(13-2-1-3-16(26)19(13)29)14(20(31)32)7-23(24)8-22(9-23,10-27)11-28;8-5-1-2-6(11-3-5)7-10-9-4-12-7/h1-3,8-9,11,17-19,22,27H,4-7,10,12-16H2,(H,40,43);1-6,14,18H,7-11H2,(H,30,33)(H,31,32);4-6H,1-3,8H2/t18?,19?,22-,27-,33+;14-,18+,24-;5-,6+/m011/s1. The number of carbonyl (C=O) groups is 4. The number of nitrogens with one attached hydrogen (secondary N) is 2. The van der Waals surface area contributed by atoms with Crippen molar-refractivity contribution in [1.29, 1.82) is 0 Å². The summed E-state index contributed by atoms with van der Waals surface area (Å²) >= 11 is 24.8. The fourth-order valence-corrected chi connectivity index (χ4v) is 18.4. The summed E-state index contributed by atoms with van der Waals surface area (Å²) in [5.41, 5.74) is 0.186. The molecule has 25 heteroatoms. The molecule has 14 rings (SSSR count). The highest BCUT2D eigenvalue weighted by Gasteiger charge is 2.79. The summed E-state index contributed by atoms with van der Waals surface area (Å²) in [7, 11) is 0. The van der Waals surface area contributed by atoms with Crippen LogP contribution in [0.3, 0.4) is 0 Å². The predicted molar refractivity (Wildman–Crippen MR) is 317 cm³/mol. The number of Topliss-reactive ketones (excluding diaryl/α,β-unsaturated/α-hetero) is 1. The van der Waals surface area contributed by atoms with E-state index in [1.807, 2.05) is 0 Å². The molecule has 8 atom stereocenters. The molecule has 4 aromatic carbocycles. The molecule has 472 valence electrons. The van der Waals surface area contributed by atoms with Crippen molar-refractivity contribution in [3.8, 4) is 0 Å². The van der Waals surface area contributed by atoms with Gasteiger partial charge in [0.1, 0.15) is 23.5 Å². The molecule has 6 fully saturated rings. The lowest BCUT2D eigenvalue weighted by Gasteiger charge is -2.59. The van der Waals surface area contributed by atoms with Crippen molar-refractivity contribution >= 4 is 81.3 Å². The lowest BCUT2D eigenvalue weighted by molar-refractivity contribution is -0.145. The maximum Gasteiger partial charge on any atom is 0.307 e. The number of nitrogens with two attached hydrogens (primary N) is 1. The molecule has 6 aromatic rings. The van der Waals surface area contributed by atoms with E-state index in [1.54, 1.807) is 48.5 Å². The zero-order valence-electron chi connectivity index (χ0n) is 47.9. The van der Waals surface area contributed by atoms with Crippen molar-refractivity contribution in [2.75, 3.05) is 43.9 Å². The van der Waals surface area contributed by atoms with Crippen LogP contribution in [-0.4, -0.2) is 88.4 Å². The van der Waals surface area contributed by atoms with Crippen molar-refractivity contribution in [1.82, 2.24) is 20.4 Å². The predicted octanol–water partition coefficient (Wildman–Crippen LogP) is 14.3. The first kappa shape index (κ1) is 63.1. The van der Waals surface area contributed by atoms with E-state index < -0.39 is 112 Å². The number of carbonyl (C=O) groups excluding carboxylic acids is 3. The number of alkyl halides is 4. The van der Waals surface area contributed by atoms with Crippen LogP contribution in [0.15, 0.2) is 94.4 Å². The van der Waals surface area contributed by atoms with Gasteiger partial charge in [-0.25, -0.2) is 8.78 Å². The topological polar surface area (TPSA) is 226 Å². The fraction of sp³-hybridized carbons (Fsp3) is 0.500. The van der Waals surface area contributed by atoms with Gasteiger partial charge in [-0.2, -0.15) is 0 Å². The van der Waals surface area contributed by atoms with Crippen LogP contribution in [0.25, 0.3) is 0 Å². The normalized spacial score (nSPS) is 29.5. The molecule has 4 spiro atoms. The molecular formula is C64H63Cl4F6N7O8. The highest BCUT2D eigenvalue weighted by molar-refractivity contribution is 6.32. The molecule has 2 amide bonds. The van der Waals surface area contributed by atoms with Gasteiger partial charge in [-0.1, -0.05) is 82.8 Å². The Morgan fingerprint density at radius 3 is 1.54 bits per heavy atom. The van der Waals surface area contributed by atoms with E-state index in [0.717, 1.165) is 38.5 Å². The molecule has 0 bridgehead atoms. The molecular weight excluding hydrogens is 1250 g/mol. The molecule has 1 saturated heterocycles. The van der Waals surface area contributed by atoms with E-state index in [9.17, 15) is 41.8 Å². The number of nitrogens with zero attached hydrogens (tertiary/aromatic N) is 4. The second-order valence-corrected chi connectivity index (χ2v) is 27.7. The average Bonchev–Trinajstić information content (AvgIpc) is 1.52. The molecule has 5 saturated carbocycles. The monoisotopic (exact) mass is 1310 g/mol. The zero-order valence-corrected chi connectivity index (χ0v) is 50.9. The van der Waals surface area contributed by atoms with Crippen LogP contribution < -0.4 is 16.4 Å². The van der Waals surface area contributed by atoms with Gasteiger partial charge in [0.05, 0.1) is 60.1 Å². The van der Waals surface area contributed by atoms with Crippen molar-refractivity contribution in [3.63, 3.8) is 0 Å². The molecule has 5 N–H and O–H groups in total. The number of halogens is 10. The number of aromatic nitrogens is 4. The van der Waals surface area contributed by atoms with Crippen LogP contribution in [0.4, 0.5) is 37.7 Å². The number of anilines is 2. The number of benzene rings is 4. The molecule has 8 aliphatic rings. The summed E-state index contributed by atoms with van der Waals surface area (Å²) in [6.07, 6.45) is 8.13. The summed E-state index contributed by atoms with van der Waals surface area (Å²) in [6.45, 7) is -3.04. The minimum atomic E-state index is -1.55. The molecule has 5 heterocycles. The van der Waals surface area contributed by atoms with Gasteiger partial charge in [0.2, 0.25) is 36.4 Å². The minimum Gasteiger partial charge on any atom is -0.481 e. The number of hydrogen-bond acceptors (Lipinski definition) is 12. The second kappa shape index (κ2) is 24.2. The van der Waals surface area contributed by atoms with Crippen LogP contribution in [0.5, 0.6) is 0 Å². The third-order valence-electron chi connectivity index (χ3n) is 21.0. The van der Waals surface area contributed by atoms with Crippen molar-refractivity contribution in [2.45, 2.75) is 124 Å². The van der Waals surface area contributed by atoms with E-state index >= 15 is 8.78 Å². The summed E-state index contributed by atoms with van der Waals surface area (Å²) in [4.78, 5) is 55.2. The number of amides is 2. The van der Waals surface area contributed by atoms with Crippen LogP contribution in [0.1, 0.15) is 141 Å². The third-order valence-corrected chi connectivity index (χ3v) is 22.1. The molecule has 2 aromatic heterocycles. The Bertz CT molecular complexity index is 3660. The number of fused-ring (bicyclic) bond motifs is 6. The maximum atomic E-state index is 16.1. The van der Waals surface area contributed by atoms with E-state index in [2.05, 4.69) is 31.0 Å². The van der Waals surface area contributed by atoms with Gasteiger partial charge in [0.15, 0.2) is 0 Å². The number of aliphatic carboxylic acids is 1. The Hall–Kier alpha value is -6.10. The lowest BCUT2D eigenvalue weighted by Crippen LogP contribution is -2.61. The van der Waals surface area contributed by atoms with Gasteiger partial charge in [0, 0.05) is 68.4 Å². The van der Waals surface area contributed by atoms with E-state index in [1.165, 1.54) is 37.1 Å². The largest absolute Gasteiger partial charge is 0.481 e. The zero-order chi connectivity index (χ0) is 63.0. The van der Waals surface area contributed by atoms with Gasteiger partial charge in [-0.05, 0) is 152 Å². The molecule has 15 nitrogen and oxygen atoms in total. The van der Waals surface area contributed by atoms with Crippen LogP contribution in [-0.2, 0) is 34.7 Å². The Labute approximate surface area is 527 Å². The van der Waals surface area contributed by atoms with Crippen molar-refractivity contribution in [3.05, 3.63) is 151 Å². The van der Waals surface area contributed by atoms with Crippen molar-refractivity contribution in [2.24, 2.45) is 45.1 Å². The third kappa shape index (κ3) is 10.2. The lowest BCUT2D eigenvalue weighted by atomic mass is 9.43. The Balaban J connectivity index is 0.000000149. The Morgan fingerprint density at radius 1 is 0.629 bits per heavy atom. The summed E-state index contributed by atoms with van der Waals surface area (Å²) in [6, 6.07) is 18.8. The number of ether oxygens (including phenoxy) is 1. The number of carboxylic acids is 1. The second-order valence-electron chi connectivity index (χ2n) is 26.0. The number of carboxylic acid groups (broad SMARTS) is 1. The molecule has 3 aliphatic heterocycles. The maximum absolute atomic E-state index is 16.1. The van der Waals surface area contributed by atoms with Gasteiger partial charge >= 0.3 is 5.97 Å². The number of rotatable bonds is 12. The van der Waals surface area contributed by atoms with Gasteiger partial charge < -0.3 is 35.0 Å².